The standard InChI is InChI=1S/C25H31N5O6S/c1-34-18-7-6-16(11-19(18)36-24-5-4-10-35-24)17-12-22(32)30(14-17)15-20(31)26-25-28-27-21(37-25)13-23(33)29-8-2-3-9-29/h6-7,11,17,24H,2-5,8-10,12-15H2,1H3,(H,26,28,31)/t17-,24?/m1/s1. The van der Waals surface area contributed by atoms with Crippen LogP contribution in [0.2, 0.25) is 0 Å². The van der Waals surface area contributed by atoms with E-state index in [1.807, 2.05) is 23.1 Å². The van der Waals surface area contributed by atoms with Crippen LogP contribution >= 0.6 is 11.3 Å². The molecule has 2 aromatic rings. The summed E-state index contributed by atoms with van der Waals surface area (Å²) in [6.07, 6.45) is 4.03. The predicted octanol–water partition coefficient (Wildman–Crippen LogP) is 2.18. The van der Waals surface area contributed by atoms with Gasteiger partial charge in [0, 0.05) is 38.4 Å². The Labute approximate surface area is 219 Å². The second-order valence-electron chi connectivity index (χ2n) is 9.46. The molecule has 0 bridgehead atoms. The number of benzene rings is 1. The highest BCUT2D eigenvalue weighted by atomic mass is 32.1. The molecular weight excluding hydrogens is 498 g/mol. The number of carbonyl (C=O) groups excluding carboxylic acids is 3. The highest BCUT2D eigenvalue weighted by molar-refractivity contribution is 7.15. The fourth-order valence-corrected chi connectivity index (χ4v) is 5.63. The van der Waals surface area contributed by atoms with Gasteiger partial charge in [0.2, 0.25) is 22.9 Å². The molecule has 3 fully saturated rings. The van der Waals surface area contributed by atoms with E-state index < -0.39 is 0 Å². The van der Waals surface area contributed by atoms with Gasteiger partial charge in [0.15, 0.2) is 17.8 Å². The fraction of sp³-hybridized carbons (Fsp3) is 0.560. The van der Waals surface area contributed by atoms with Gasteiger partial charge in [-0.1, -0.05) is 17.4 Å². The number of carbonyl (C=O) groups is 3. The van der Waals surface area contributed by atoms with Crippen molar-refractivity contribution >= 4 is 34.2 Å². The largest absolute Gasteiger partial charge is 0.493 e. The molecule has 2 atom stereocenters. The normalized spacial score (nSPS) is 21.5. The summed E-state index contributed by atoms with van der Waals surface area (Å²) < 4.78 is 17.0. The van der Waals surface area contributed by atoms with Crippen LogP contribution in [0.5, 0.6) is 11.5 Å². The minimum Gasteiger partial charge on any atom is -0.493 e. The zero-order valence-corrected chi connectivity index (χ0v) is 21.6. The minimum atomic E-state index is -0.347. The van der Waals surface area contributed by atoms with E-state index in [4.69, 9.17) is 14.2 Å². The number of nitrogens with one attached hydrogen (secondary N) is 1. The number of hydrogen-bond donors (Lipinski definition) is 1. The lowest BCUT2D eigenvalue weighted by Gasteiger charge is -2.19. The molecule has 198 valence electrons. The minimum absolute atomic E-state index is 0.0306. The summed E-state index contributed by atoms with van der Waals surface area (Å²) >= 11 is 1.18. The number of hydrogen-bond acceptors (Lipinski definition) is 9. The molecular formula is C25H31N5O6S. The third-order valence-corrected chi connectivity index (χ3v) is 7.67. The van der Waals surface area contributed by atoms with Crippen LogP contribution in [0.25, 0.3) is 0 Å². The molecule has 1 aromatic heterocycles. The van der Waals surface area contributed by atoms with Gasteiger partial charge in [-0.3, -0.25) is 19.7 Å². The van der Waals surface area contributed by atoms with Gasteiger partial charge in [-0.15, -0.1) is 10.2 Å². The van der Waals surface area contributed by atoms with E-state index in [9.17, 15) is 14.4 Å². The van der Waals surface area contributed by atoms with Crippen molar-refractivity contribution in [1.29, 1.82) is 0 Å². The van der Waals surface area contributed by atoms with E-state index in [2.05, 4.69) is 15.5 Å². The summed E-state index contributed by atoms with van der Waals surface area (Å²) in [7, 11) is 1.59. The number of anilines is 1. The quantitative estimate of drug-likeness (QED) is 0.524. The molecule has 0 spiro atoms. The van der Waals surface area contributed by atoms with Gasteiger partial charge in [-0.25, -0.2) is 0 Å². The van der Waals surface area contributed by atoms with Gasteiger partial charge in [0.25, 0.3) is 0 Å². The average molecular weight is 530 g/mol. The molecule has 1 unspecified atom stereocenters. The molecule has 3 aliphatic heterocycles. The highest BCUT2D eigenvalue weighted by Crippen LogP contribution is 2.36. The summed E-state index contributed by atoms with van der Waals surface area (Å²) in [5.41, 5.74) is 0.946. The number of rotatable bonds is 9. The molecule has 3 aliphatic rings. The number of nitrogens with zero attached hydrogens (tertiary/aromatic N) is 4. The Bertz CT molecular complexity index is 1140. The number of aromatic nitrogens is 2. The van der Waals surface area contributed by atoms with Crippen LogP contribution in [-0.2, 0) is 25.5 Å². The van der Waals surface area contributed by atoms with E-state index in [1.165, 1.54) is 11.3 Å². The second-order valence-corrected chi connectivity index (χ2v) is 10.5. The molecule has 1 aromatic carbocycles. The van der Waals surface area contributed by atoms with Crippen molar-refractivity contribution in [3.63, 3.8) is 0 Å². The maximum atomic E-state index is 12.7. The third-order valence-electron chi connectivity index (χ3n) is 6.83. The summed E-state index contributed by atoms with van der Waals surface area (Å²) in [5, 5.41) is 11.6. The molecule has 0 aliphatic carbocycles. The molecule has 4 heterocycles. The maximum Gasteiger partial charge on any atom is 0.245 e. The monoisotopic (exact) mass is 529 g/mol. The SMILES string of the molecule is COc1ccc([C@@H]2CC(=O)N(CC(=O)Nc3nnc(CC(=O)N4CCCC4)s3)C2)cc1OC1CCCO1. The molecule has 37 heavy (non-hydrogen) atoms. The number of likely N-dealkylation sites (tertiary alicyclic amines) is 2. The second kappa shape index (κ2) is 11.4. The molecule has 12 heteroatoms. The molecule has 1 N–H and O–H groups in total. The van der Waals surface area contributed by atoms with Gasteiger partial charge in [0.05, 0.1) is 26.7 Å². The molecule has 5 rings (SSSR count). The van der Waals surface area contributed by atoms with Crippen LogP contribution in [0.15, 0.2) is 18.2 Å². The Morgan fingerprint density at radius 1 is 1.19 bits per heavy atom. The first-order chi connectivity index (χ1) is 18.0. The van der Waals surface area contributed by atoms with Crippen molar-refractivity contribution in [2.75, 3.05) is 45.2 Å². The lowest BCUT2D eigenvalue weighted by molar-refractivity contribution is -0.131. The van der Waals surface area contributed by atoms with E-state index in [-0.39, 0.29) is 42.9 Å². The molecule has 3 saturated heterocycles. The Hall–Kier alpha value is -3.25. The molecule has 0 radical (unpaired) electrons. The summed E-state index contributed by atoms with van der Waals surface area (Å²) in [5.74, 6) is 0.724. The Morgan fingerprint density at radius 2 is 2.03 bits per heavy atom. The van der Waals surface area contributed by atoms with Crippen LogP contribution in [0.3, 0.4) is 0 Å². The zero-order chi connectivity index (χ0) is 25.8. The lowest BCUT2D eigenvalue weighted by Crippen LogP contribution is -2.34. The van der Waals surface area contributed by atoms with Gasteiger partial charge >= 0.3 is 0 Å². The average Bonchev–Trinajstić information content (AvgIpc) is 3.69. The molecule has 0 saturated carbocycles. The van der Waals surface area contributed by atoms with Gasteiger partial charge in [-0.2, -0.15) is 0 Å². The van der Waals surface area contributed by atoms with Crippen molar-refractivity contribution in [1.82, 2.24) is 20.0 Å². The fourth-order valence-electron chi connectivity index (χ4n) is 4.89. The van der Waals surface area contributed by atoms with Crippen LogP contribution in [0, 0.1) is 0 Å². The third kappa shape index (κ3) is 6.19. The number of amides is 3. The summed E-state index contributed by atoms with van der Waals surface area (Å²) in [4.78, 5) is 41.0. The predicted molar refractivity (Wildman–Crippen MR) is 135 cm³/mol. The molecule has 3 amide bonds. The Balaban J connectivity index is 1.15. The van der Waals surface area contributed by atoms with Gasteiger partial charge in [0.1, 0.15) is 5.01 Å². The smallest absolute Gasteiger partial charge is 0.245 e. The van der Waals surface area contributed by atoms with Gasteiger partial charge < -0.3 is 24.0 Å². The number of methoxy groups -OCH3 is 1. The van der Waals surface area contributed by atoms with Crippen molar-refractivity contribution in [3.8, 4) is 11.5 Å². The van der Waals surface area contributed by atoms with Crippen LogP contribution in [0.4, 0.5) is 5.13 Å². The first-order valence-electron chi connectivity index (χ1n) is 12.6. The van der Waals surface area contributed by atoms with E-state index >= 15 is 0 Å². The van der Waals surface area contributed by atoms with E-state index in [0.717, 1.165) is 44.3 Å². The van der Waals surface area contributed by atoms with E-state index in [0.29, 0.717) is 41.2 Å². The van der Waals surface area contributed by atoms with Crippen molar-refractivity contribution in [2.45, 2.75) is 50.7 Å². The first-order valence-corrected chi connectivity index (χ1v) is 13.4. The maximum absolute atomic E-state index is 12.7. The van der Waals surface area contributed by atoms with Crippen LogP contribution in [0.1, 0.15) is 48.6 Å². The van der Waals surface area contributed by atoms with E-state index in [1.54, 1.807) is 12.0 Å². The Kier molecular flexibility index (Phi) is 7.85. The van der Waals surface area contributed by atoms with Crippen LogP contribution < -0.4 is 14.8 Å². The zero-order valence-electron chi connectivity index (χ0n) is 20.8. The summed E-state index contributed by atoms with van der Waals surface area (Å²) in [6, 6.07) is 5.66. The highest BCUT2D eigenvalue weighted by Gasteiger charge is 2.33. The van der Waals surface area contributed by atoms with Crippen LogP contribution in [-0.4, -0.2) is 83.9 Å². The topological polar surface area (TPSA) is 123 Å². The summed E-state index contributed by atoms with van der Waals surface area (Å²) in [6.45, 7) is 2.59. The Morgan fingerprint density at radius 3 is 2.78 bits per heavy atom. The van der Waals surface area contributed by atoms with Gasteiger partial charge in [-0.05, 0) is 37.0 Å². The van der Waals surface area contributed by atoms with Crippen molar-refractivity contribution < 1.29 is 28.6 Å². The lowest BCUT2D eigenvalue weighted by atomic mass is 9.98. The molecule has 11 nitrogen and oxygen atoms in total. The van der Waals surface area contributed by atoms with Crippen molar-refractivity contribution in [2.24, 2.45) is 0 Å². The number of ether oxygens (including phenoxy) is 3. The van der Waals surface area contributed by atoms with Crippen molar-refractivity contribution in [3.05, 3.63) is 28.8 Å². The first kappa shape index (κ1) is 25.4.